The highest BCUT2D eigenvalue weighted by molar-refractivity contribution is 4.89. The molecule has 1 nitrogen and oxygen atoms in total. The smallest absolute Gasteiger partial charge is 0.0718 e. The molecule has 0 spiro atoms. The third-order valence-electron chi connectivity index (χ3n) is 3.36. The first-order valence-corrected chi connectivity index (χ1v) is 5.59. The van der Waals surface area contributed by atoms with Crippen molar-refractivity contribution >= 4 is 0 Å². The second-order valence-corrected chi connectivity index (χ2v) is 4.89. The zero-order valence-electron chi connectivity index (χ0n) is 10.1. The van der Waals surface area contributed by atoms with Gasteiger partial charge >= 0.3 is 0 Å². The lowest BCUT2D eigenvalue weighted by Gasteiger charge is -2.41. The highest BCUT2D eigenvalue weighted by atomic mass is 16.3. The zero-order chi connectivity index (χ0) is 10.6. The van der Waals surface area contributed by atoms with Crippen molar-refractivity contribution in [3.8, 4) is 0 Å². The molecule has 0 aromatic heterocycles. The lowest BCUT2D eigenvalue weighted by Crippen LogP contribution is -2.46. The summed E-state index contributed by atoms with van der Waals surface area (Å²) in [6, 6.07) is 0. The van der Waals surface area contributed by atoms with Crippen molar-refractivity contribution in [3.05, 3.63) is 0 Å². The molecule has 0 rings (SSSR count). The van der Waals surface area contributed by atoms with Gasteiger partial charge < -0.3 is 5.11 Å². The average molecular weight is 186 g/mol. The zero-order valence-corrected chi connectivity index (χ0v) is 10.1. The summed E-state index contributed by atoms with van der Waals surface area (Å²) in [7, 11) is 0. The molecule has 0 bridgehead atoms. The van der Waals surface area contributed by atoms with E-state index >= 15 is 0 Å². The Balaban J connectivity index is 4.58. The van der Waals surface area contributed by atoms with Gasteiger partial charge in [-0.25, -0.2) is 0 Å². The van der Waals surface area contributed by atoms with E-state index in [9.17, 15) is 5.11 Å². The van der Waals surface area contributed by atoms with E-state index in [-0.39, 0.29) is 0 Å². The van der Waals surface area contributed by atoms with E-state index in [0.717, 1.165) is 12.8 Å². The molecule has 0 aromatic carbocycles. The molecule has 0 aliphatic carbocycles. The summed E-state index contributed by atoms with van der Waals surface area (Å²) in [5.74, 6) is 1.08. The molecule has 0 amide bonds. The predicted molar refractivity (Wildman–Crippen MR) is 58.7 cm³/mol. The van der Waals surface area contributed by atoms with Crippen LogP contribution in [0.3, 0.4) is 0 Å². The van der Waals surface area contributed by atoms with Crippen LogP contribution in [0.1, 0.15) is 54.4 Å². The molecule has 0 saturated heterocycles. The van der Waals surface area contributed by atoms with Crippen LogP contribution >= 0.6 is 0 Å². The van der Waals surface area contributed by atoms with Crippen molar-refractivity contribution in [1.29, 1.82) is 0 Å². The Morgan fingerprint density at radius 1 is 1.00 bits per heavy atom. The van der Waals surface area contributed by atoms with Crippen molar-refractivity contribution in [2.45, 2.75) is 60.0 Å². The molecule has 0 heterocycles. The van der Waals surface area contributed by atoms with Gasteiger partial charge in [-0.2, -0.15) is 0 Å². The summed E-state index contributed by atoms with van der Waals surface area (Å²) in [6.07, 6.45) is 2.27. The molecule has 0 fully saturated rings. The monoisotopic (exact) mass is 186 g/mol. The second-order valence-electron chi connectivity index (χ2n) is 4.89. The van der Waals surface area contributed by atoms with Crippen molar-refractivity contribution < 1.29 is 5.11 Å². The highest BCUT2D eigenvalue weighted by Gasteiger charge is 2.39. The van der Waals surface area contributed by atoms with Crippen LogP contribution in [0.4, 0.5) is 0 Å². The Hall–Kier alpha value is -0.0400. The summed E-state index contributed by atoms with van der Waals surface area (Å²) in [5, 5.41) is 10.6. The first kappa shape index (κ1) is 13.0. The molecule has 1 unspecified atom stereocenters. The number of rotatable bonds is 5. The maximum absolute atomic E-state index is 10.6. The number of aliphatic hydroxyl groups is 1. The van der Waals surface area contributed by atoms with Crippen molar-refractivity contribution in [3.63, 3.8) is 0 Å². The fraction of sp³-hybridized carbons (Fsp3) is 1.00. The second kappa shape index (κ2) is 4.99. The lowest BCUT2D eigenvalue weighted by atomic mass is 9.70. The van der Waals surface area contributed by atoms with Crippen LogP contribution in [0.5, 0.6) is 0 Å². The van der Waals surface area contributed by atoms with Gasteiger partial charge in [0.1, 0.15) is 0 Å². The van der Waals surface area contributed by atoms with Crippen LogP contribution in [-0.2, 0) is 0 Å². The third kappa shape index (κ3) is 2.70. The first-order valence-electron chi connectivity index (χ1n) is 5.59. The minimum absolute atomic E-state index is 0.342. The molecular formula is C12H26O. The van der Waals surface area contributed by atoms with E-state index in [1.165, 1.54) is 0 Å². The van der Waals surface area contributed by atoms with E-state index in [4.69, 9.17) is 0 Å². The van der Waals surface area contributed by atoms with Crippen molar-refractivity contribution in [2.75, 3.05) is 0 Å². The Morgan fingerprint density at radius 3 is 1.62 bits per heavy atom. The van der Waals surface area contributed by atoms with Crippen LogP contribution in [0.15, 0.2) is 0 Å². The summed E-state index contributed by atoms with van der Waals surface area (Å²) >= 11 is 0. The van der Waals surface area contributed by atoms with Crippen LogP contribution < -0.4 is 0 Å². The highest BCUT2D eigenvalue weighted by Crippen LogP contribution is 2.35. The maximum Gasteiger partial charge on any atom is 0.0718 e. The van der Waals surface area contributed by atoms with E-state index in [1.807, 2.05) is 0 Å². The van der Waals surface area contributed by atoms with Gasteiger partial charge in [-0.3, -0.25) is 0 Å². The van der Waals surface area contributed by atoms with E-state index < -0.39 is 5.60 Å². The summed E-state index contributed by atoms with van der Waals surface area (Å²) < 4.78 is 0. The number of hydrogen-bond donors (Lipinski definition) is 1. The Labute approximate surface area is 83.5 Å². The molecule has 0 saturated carbocycles. The molecule has 1 atom stereocenters. The van der Waals surface area contributed by atoms with Gasteiger partial charge in [0.15, 0.2) is 0 Å². The summed E-state index contributed by atoms with van der Waals surface area (Å²) in [4.78, 5) is 0. The maximum atomic E-state index is 10.6. The summed E-state index contributed by atoms with van der Waals surface area (Å²) in [5.41, 5.74) is -0.490. The fourth-order valence-electron chi connectivity index (χ4n) is 2.47. The molecule has 0 aliphatic rings. The van der Waals surface area contributed by atoms with Gasteiger partial charge in [0.05, 0.1) is 5.60 Å². The molecular weight excluding hydrogens is 160 g/mol. The Bertz CT molecular complexity index is 130. The van der Waals surface area contributed by atoms with E-state index in [2.05, 4.69) is 41.5 Å². The molecule has 13 heavy (non-hydrogen) atoms. The molecule has 80 valence electrons. The van der Waals surface area contributed by atoms with Crippen molar-refractivity contribution in [1.82, 2.24) is 0 Å². The minimum Gasteiger partial charge on any atom is -0.389 e. The Morgan fingerprint density at radius 2 is 1.38 bits per heavy atom. The Kier molecular flexibility index (Phi) is 4.98. The molecule has 1 heteroatoms. The first-order chi connectivity index (χ1) is 5.87. The van der Waals surface area contributed by atoms with Gasteiger partial charge in [0, 0.05) is 0 Å². The summed E-state index contributed by atoms with van der Waals surface area (Å²) in [6.45, 7) is 12.8. The minimum atomic E-state index is -0.490. The van der Waals surface area contributed by atoms with Gasteiger partial charge in [0.2, 0.25) is 0 Å². The fourth-order valence-corrected chi connectivity index (χ4v) is 2.47. The largest absolute Gasteiger partial charge is 0.389 e. The molecule has 0 aromatic rings. The molecule has 0 aliphatic heterocycles. The van der Waals surface area contributed by atoms with Gasteiger partial charge in [-0.1, -0.05) is 48.0 Å². The van der Waals surface area contributed by atoms with Crippen LogP contribution in [0.2, 0.25) is 0 Å². The average Bonchev–Trinajstić information content (AvgIpc) is 2.02. The van der Waals surface area contributed by atoms with Crippen LogP contribution in [0.25, 0.3) is 0 Å². The SMILES string of the molecule is CCCC(C)C(O)(C(C)C)C(C)C. The quantitative estimate of drug-likeness (QED) is 0.697. The molecule has 0 radical (unpaired) electrons. The van der Waals surface area contributed by atoms with Crippen LogP contribution in [-0.4, -0.2) is 10.7 Å². The van der Waals surface area contributed by atoms with Crippen molar-refractivity contribution in [2.24, 2.45) is 17.8 Å². The normalized spacial score (nSPS) is 15.5. The lowest BCUT2D eigenvalue weighted by molar-refractivity contribution is -0.0928. The predicted octanol–water partition coefficient (Wildman–Crippen LogP) is 3.47. The third-order valence-corrected chi connectivity index (χ3v) is 3.36. The standard InChI is InChI=1S/C12H26O/c1-7-8-11(6)12(13,9(2)3)10(4)5/h9-11,13H,7-8H2,1-6H3. The van der Waals surface area contributed by atoms with Gasteiger partial charge in [-0.15, -0.1) is 0 Å². The topological polar surface area (TPSA) is 20.2 Å². The van der Waals surface area contributed by atoms with E-state index in [1.54, 1.807) is 0 Å². The van der Waals surface area contributed by atoms with E-state index in [0.29, 0.717) is 17.8 Å². The molecule has 1 N–H and O–H groups in total. The van der Waals surface area contributed by atoms with Crippen LogP contribution in [0, 0.1) is 17.8 Å². The van der Waals surface area contributed by atoms with Gasteiger partial charge in [-0.05, 0) is 24.2 Å². The number of hydrogen-bond acceptors (Lipinski definition) is 1. The van der Waals surface area contributed by atoms with Gasteiger partial charge in [0.25, 0.3) is 0 Å².